The van der Waals surface area contributed by atoms with Crippen LogP contribution in [-0.4, -0.2) is 68.6 Å². The maximum atomic E-state index is 12.9. The summed E-state index contributed by atoms with van der Waals surface area (Å²) in [7, 11) is -2.74. The van der Waals surface area contributed by atoms with Crippen molar-refractivity contribution in [1.82, 2.24) is 4.57 Å². The Hall–Kier alpha value is -3.56. The number of fused-ring (bicyclic) bond motifs is 2. The molecule has 0 radical (unpaired) electrons. The van der Waals surface area contributed by atoms with Crippen LogP contribution in [-0.2, 0) is 53.1 Å². The molecule has 232 valence electrons. The quantitative estimate of drug-likeness (QED) is 0.243. The number of aromatic nitrogens is 1. The normalized spacial score (nSPS) is 13.7. The van der Waals surface area contributed by atoms with Gasteiger partial charge in [-0.05, 0) is 63.3 Å². The van der Waals surface area contributed by atoms with E-state index in [1.165, 1.54) is 23.0 Å². The fraction of sp³-hybridized carbons (Fsp3) is 0.464. The van der Waals surface area contributed by atoms with Crippen molar-refractivity contribution < 1.29 is 41.8 Å². The molecule has 1 aliphatic rings. The Bertz CT molecular complexity index is 1720. The molecule has 4 rings (SSSR count). The lowest BCUT2D eigenvalue weighted by atomic mass is 10.1. The monoisotopic (exact) mass is 651 g/mol. The minimum atomic E-state index is -4.24. The second kappa shape index (κ2) is 14.3. The first-order chi connectivity index (χ1) is 20.5. The van der Waals surface area contributed by atoms with E-state index in [-0.39, 0.29) is 35.1 Å². The highest BCUT2D eigenvalue weighted by atomic mass is 32.2. The number of benzene rings is 1. The van der Waals surface area contributed by atoms with Crippen molar-refractivity contribution in [3.63, 3.8) is 0 Å². The molecule has 0 bridgehead atoms. The van der Waals surface area contributed by atoms with E-state index in [4.69, 9.17) is 14.2 Å². The number of hydrogen-bond acceptors (Lipinski definition) is 11. The van der Waals surface area contributed by atoms with Crippen molar-refractivity contribution in [1.29, 1.82) is 0 Å². The first-order valence-electron chi connectivity index (χ1n) is 13.8. The standard InChI is InChI=1S/C28H33N3O9S3/c1-4-39-24(34)14-31-19-12-11-17(38-3)13-21(19)42-28(31)30-23(33)16-43(36,37)15-22(32)29-26-25(27(35)40-5-2)18-9-7-6-8-10-20(18)41-26/h11-13H,4-10,14-16H2,1-3H3,(H,29,32). The lowest BCUT2D eigenvalue weighted by molar-refractivity contribution is -0.143. The summed E-state index contributed by atoms with van der Waals surface area (Å²) in [6.45, 7) is 3.43. The van der Waals surface area contributed by atoms with Crippen LogP contribution in [0, 0.1) is 0 Å². The van der Waals surface area contributed by atoms with E-state index in [0.29, 0.717) is 22.4 Å². The van der Waals surface area contributed by atoms with Gasteiger partial charge in [0.2, 0.25) is 5.91 Å². The van der Waals surface area contributed by atoms with Crippen molar-refractivity contribution in [3.05, 3.63) is 39.0 Å². The summed E-state index contributed by atoms with van der Waals surface area (Å²) >= 11 is 2.33. The number of sulfone groups is 1. The molecule has 2 aromatic heterocycles. The molecule has 0 unspecified atom stereocenters. The fourth-order valence-corrected chi connectivity index (χ4v) is 8.13. The van der Waals surface area contributed by atoms with Crippen LogP contribution in [0.15, 0.2) is 23.2 Å². The van der Waals surface area contributed by atoms with Crippen LogP contribution in [0.5, 0.6) is 5.75 Å². The predicted molar refractivity (Wildman–Crippen MR) is 162 cm³/mol. The number of methoxy groups -OCH3 is 1. The van der Waals surface area contributed by atoms with Crippen LogP contribution in [0.4, 0.5) is 5.00 Å². The molecule has 15 heteroatoms. The van der Waals surface area contributed by atoms with E-state index < -0.39 is 45.1 Å². The van der Waals surface area contributed by atoms with Gasteiger partial charge in [-0.2, -0.15) is 4.99 Å². The van der Waals surface area contributed by atoms with E-state index in [2.05, 4.69) is 10.3 Å². The van der Waals surface area contributed by atoms with Gasteiger partial charge in [0.25, 0.3) is 5.91 Å². The zero-order chi connectivity index (χ0) is 31.1. The van der Waals surface area contributed by atoms with Gasteiger partial charge in [0.1, 0.15) is 28.8 Å². The number of nitrogens with one attached hydrogen (secondary N) is 1. The third-order valence-electron chi connectivity index (χ3n) is 6.55. The molecule has 0 aliphatic heterocycles. The number of nitrogens with zero attached hydrogens (tertiary/aromatic N) is 2. The minimum absolute atomic E-state index is 0.0973. The Labute approximate surface area is 256 Å². The molecular weight excluding hydrogens is 619 g/mol. The van der Waals surface area contributed by atoms with Crippen LogP contribution in [0.25, 0.3) is 10.2 Å². The van der Waals surface area contributed by atoms with Gasteiger partial charge >= 0.3 is 11.9 Å². The fourth-order valence-electron chi connectivity index (χ4n) is 4.74. The Morgan fingerprint density at radius 3 is 2.47 bits per heavy atom. The first kappa shape index (κ1) is 32.4. The maximum Gasteiger partial charge on any atom is 0.341 e. The number of carbonyl (C=O) groups is 4. The molecule has 12 nitrogen and oxygen atoms in total. The Morgan fingerprint density at radius 1 is 1.00 bits per heavy atom. The third kappa shape index (κ3) is 8.09. The summed E-state index contributed by atoms with van der Waals surface area (Å²) in [5.41, 5.74) is 1.69. The van der Waals surface area contributed by atoms with Gasteiger partial charge in [-0.3, -0.25) is 14.4 Å². The molecule has 43 heavy (non-hydrogen) atoms. The van der Waals surface area contributed by atoms with Crippen molar-refractivity contribution in [2.24, 2.45) is 4.99 Å². The summed E-state index contributed by atoms with van der Waals surface area (Å²) in [6, 6.07) is 5.09. The van der Waals surface area contributed by atoms with Crippen molar-refractivity contribution in [3.8, 4) is 5.75 Å². The number of esters is 2. The summed E-state index contributed by atoms with van der Waals surface area (Å²) in [6.07, 6.45) is 4.32. The highest BCUT2D eigenvalue weighted by Gasteiger charge is 2.28. The molecule has 0 saturated heterocycles. The van der Waals surface area contributed by atoms with Gasteiger partial charge in [-0.15, -0.1) is 11.3 Å². The molecule has 0 atom stereocenters. The average Bonchev–Trinajstić information content (AvgIpc) is 3.34. The Morgan fingerprint density at radius 2 is 1.74 bits per heavy atom. The lowest BCUT2D eigenvalue weighted by Crippen LogP contribution is -2.29. The zero-order valence-electron chi connectivity index (χ0n) is 24.1. The number of anilines is 1. The van der Waals surface area contributed by atoms with Gasteiger partial charge in [0.15, 0.2) is 14.6 Å². The summed E-state index contributed by atoms with van der Waals surface area (Å²) in [4.78, 5) is 55.7. The number of thiazole rings is 1. The highest BCUT2D eigenvalue weighted by Crippen LogP contribution is 2.38. The molecule has 1 N–H and O–H groups in total. The number of thiophene rings is 1. The predicted octanol–water partition coefficient (Wildman–Crippen LogP) is 3.26. The molecule has 0 spiro atoms. The second-order valence-corrected chi connectivity index (χ2v) is 13.9. The van der Waals surface area contributed by atoms with Crippen molar-refractivity contribution in [2.75, 3.05) is 37.1 Å². The molecule has 2 amide bonds. The minimum Gasteiger partial charge on any atom is -0.497 e. The van der Waals surface area contributed by atoms with Crippen molar-refractivity contribution in [2.45, 2.75) is 52.5 Å². The lowest BCUT2D eigenvalue weighted by Gasteiger charge is -2.08. The summed E-state index contributed by atoms with van der Waals surface area (Å²) in [5.74, 6) is -4.44. The van der Waals surface area contributed by atoms with E-state index in [1.807, 2.05) is 0 Å². The number of amides is 2. The third-order valence-corrected chi connectivity index (χ3v) is 10.2. The Kier molecular flexibility index (Phi) is 10.7. The van der Waals surface area contributed by atoms with Crippen LogP contribution in [0.2, 0.25) is 0 Å². The molecule has 1 aliphatic carbocycles. The molecule has 3 aromatic rings. The molecule has 0 saturated carbocycles. The highest BCUT2D eigenvalue weighted by molar-refractivity contribution is 7.92. The van der Waals surface area contributed by atoms with E-state index in [9.17, 15) is 27.6 Å². The van der Waals surface area contributed by atoms with E-state index in [1.54, 1.807) is 32.0 Å². The topological polar surface area (TPSA) is 159 Å². The van der Waals surface area contributed by atoms with E-state index >= 15 is 0 Å². The molecule has 2 heterocycles. The summed E-state index contributed by atoms with van der Waals surface area (Å²) in [5, 5.41) is 2.82. The number of aryl methyl sites for hydroxylation is 1. The number of ether oxygens (including phenoxy) is 3. The molecular formula is C28H33N3O9S3. The largest absolute Gasteiger partial charge is 0.497 e. The molecule has 1 aromatic carbocycles. The van der Waals surface area contributed by atoms with Gasteiger partial charge in [0.05, 0.1) is 36.1 Å². The molecule has 0 fully saturated rings. The van der Waals surface area contributed by atoms with Crippen molar-refractivity contribution >= 4 is 71.5 Å². The van der Waals surface area contributed by atoms with Gasteiger partial charge < -0.3 is 24.1 Å². The number of rotatable bonds is 11. The average molecular weight is 652 g/mol. The maximum absolute atomic E-state index is 12.9. The second-order valence-electron chi connectivity index (χ2n) is 9.68. The van der Waals surface area contributed by atoms with Gasteiger partial charge in [0, 0.05) is 4.88 Å². The van der Waals surface area contributed by atoms with Crippen LogP contribution < -0.4 is 14.9 Å². The summed E-state index contributed by atoms with van der Waals surface area (Å²) < 4.78 is 43.4. The van der Waals surface area contributed by atoms with E-state index in [0.717, 1.165) is 47.5 Å². The van der Waals surface area contributed by atoms with Crippen LogP contribution in [0.1, 0.15) is 53.9 Å². The Balaban J connectivity index is 1.54. The smallest absolute Gasteiger partial charge is 0.341 e. The number of carbonyl (C=O) groups excluding carboxylic acids is 4. The van der Waals surface area contributed by atoms with Gasteiger partial charge in [-0.25, -0.2) is 13.2 Å². The van der Waals surface area contributed by atoms with Crippen LogP contribution in [0.3, 0.4) is 0 Å². The SMILES string of the molecule is CCOC(=O)Cn1c(=NC(=O)CS(=O)(=O)CC(=O)Nc2sc3c(c2C(=O)OCC)CCCCC3)sc2cc(OC)ccc21. The number of hydrogen-bond donors (Lipinski definition) is 1. The van der Waals surface area contributed by atoms with Gasteiger partial charge in [-0.1, -0.05) is 17.8 Å². The first-order valence-corrected chi connectivity index (χ1v) is 17.2. The van der Waals surface area contributed by atoms with Crippen LogP contribution >= 0.6 is 22.7 Å². The zero-order valence-corrected chi connectivity index (χ0v) is 26.5.